The summed E-state index contributed by atoms with van der Waals surface area (Å²) in [5.41, 5.74) is -1.19. The highest BCUT2D eigenvalue weighted by Crippen LogP contribution is 2.33. The summed E-state index contributed by atoms with van der Waals surface area (Å²) in [6.07, 6.45) is -2.26. The minimum Gasteiger partial charge on any atom is -0.479 e. The molecule has 0 saturated carbocycles. The number of sulfonamides is 1. The van der Waals surface area contributed by atoms with Gasteiger partial charge < -0.3 is 4.74 Å². The van der Waals surface area contributed by atoms with Crippen molar-refractivity contribution in [3.8, 4) is 5.88 Å². The lowest BCUT2D eigenvalue weighted by Crippen LogP contribution is -2.35. The van der Waals surface area contributed by atoms with Crippen LogP contribution in [0.3, 0.4) is 0 Å². The van der Waals surface area contributed by atoms with Gasteiger partial charge in [0.15, 0.2) is 11.2 Å². The first-order valence-electron chi connectivity index (χ1n) is 7.64. The van der Waals surface area contributed by atoms with Crippen LogP contribution in [0.25, 0.3) is 11.2 Å². The third-order valence-electron chi connectivity index (χ3n) is 3.43. The van der Waals surface area contributed by atoms with Gasteiger partial charge in [0.25, 0.3) is 10.0 Å². The number of alkyl halides is 3. The van der Waals surface area contributed by atoms with E-state index in [0.29, 0.717) is 6.07 Å². The van der Waals surface area contributed by atoms with Gasteiger partial charge in [0.2, 0.25) is 11.8 Å². The molecule has 0 radical (unpaired) electrons. The van der Waals surface area contributed by atoms with Gasteiger partial charge in [-0.2, -0.15) is 23.1 Å². The highest BCUT2D eigenvalue weighted by molar-refractivity contribution is 7.90. The van der Waals surface area contributed by atoms with E-state index < -0.39 is 38.6 Å². The Labute approximate surface area is 161 Å². The number of carbonyl (C=O) groups is 1. The fourth-order valence-corrected chi connectivity index (χ4v) is 3.41. The second-order valence-electron chi connectivity index (χ2n) is 5.34. The summed E-state index contributed by atoms with van der Waals surface area (Å²) < 4.78 is 70.2. The number of nitrogens with one attached hydrogen (secondary N) is 2. The first kappa shape index (κ1) is 20.2. The van der Waals surface area contributed by atoms with E-state index in [1.807, 2.05) is 5.32 Å². The molecule has 29 heavy (non-hydrogen) atoms. The molecule has 0 aliphatic carbocycles. The normalized spacial score (nSPS) is 11.9. The fraction of sp³-hybridized carbons (Fsp3) is 0.133. The van der Waals surface area contributed by atoms with Gasteiger partial charge in [-0.05, 0) is 12.1 Å². The van der Waals surface area contributed by atoms with Crippen LogP contribution >= 0.6 is 0 Å². The largest absolute Gasteiger partial charge is 0.479 e. The lowest BCUT2D eigenvalue weighted by Gasteiger charge is -2.14. The number of aromatic nitrogens is 4. The molecule has 2 heterocycles. The number of fused-ring (bicyclic) bond motifs is 1. The Morgan fingerprint density at radius 2 is 1.79 bits per heavy atom. The number of rotatable bonds is 4. The van der Waals surface area contributed by atoms with Gasteiger partial charge in [-0.1, -0.05) is 12.1 Å². The number of carbonyl (C=O) groups excluding carboxylic acids is 1. The van der Waals surface area contributed by atoms with Crippen molar-refractivity contribution >= 4 is 33.2 Å². The van der Waals surface area contributed by atoms with Crippen molar-refractivity contribution in [2.24, 2.45) is 0 Å². The minimum atomic E-state index is -4.94. The van der Waals surface area contributed by atoms with Crippen molar-refractivity contribution in [2.45, 2.75) is 11.1 Å². The molecule has 2 amide bonds. The summed E-state index contributed by atoms with van der Waals surface area (Å²) in [5, 5.41) is 2.01. The Hall–Kier alpha value is -3.55. The average Bonchev–Trinajstić information content (AvgIpc) is 2.66. The number of urea groups is 1. The van der Waals surface area contributed by atoms with Crippen LogP contribution in [0.15, 0.2) is 41.6 Å². The van der Waals surface area contributed by atoms with Crippen LogP contribution in [0, 0.1) is 0 Å². The molecular formula is C15H11F3N6O4S. The zero-order chi connectivity index (χ0) is 21.2. The maximum absolute atomic E-state index is 13.1. The number of anilines is 1. The molecule has 1 aromatic carbocycles. The number of ether oxygens (including phenoxy) is 1. The molecule has 0 aliphatic rings. The highest BCUT2D eigenvalue weighted by atomic mass is 32.2. The van der Waals surface area contributed by atoms with Gasteiger partial charge in [-0.15, -0.1) is 0 Å². The lowest BCUT2D eigenvalue weighted by molar-refractivity contribution is -0.139. The van der Waals surface area contributed by atoms with Crippen LogP contribution in [-0.2, 0) is 16.2 Å². The second kappa shape index (κ2) is 7.46. The highest BCUT2D eigenvalue weighted by Gasteiger charge is 2.37. The minimum absolute atomic E-state index is 0.0416. The maximum Gasteiger partial charge on any atom is 0.417 e. The molecule has 0 unspecified atom stereocenters. The van der Waals surface area contributed by atoms with E-state index in [-0.39, 0.29) is 17.0 Å². The van der Waals surface area contributed by atoms with Crippen molar-refractivity contribution in [3.05, 3.63) is 42.2 Å². The molecule has 152 valence electrons. The zero-order valence-corrected chi connectivity index (χ0v) is 15.2. The molecule has 0 spiro atoms. The Morgan fingerprint density at radius 1 is 1.10 bits per heavy atom. The smallest absolute Gasteiger partial charge is 0.417 e. The molecule has 0 fully saturated rings. The van der Waals surface area contributed by atoms with E-state index in [2.05, 4.69) is 19.9 Å². The summed E-state index contributed by atoms with van der Waals surface area (Å²) in [7, 11) is -3.57. The Kier molecular flexibility index (Phi) is 5.19. The molecule has 14 heteroatoms. The van der Waals surface area contributed by atoms with Crippen LogP contribution in [0.2, 0.25) is 0 Å². The van der Waals surface area contributed by atoms with Crippen molar-refractivity contribution in [2.75, 3.05) is 12.4 Å². The third kappa shape index (κ3) is 4.31. The number of methoxy groups -OCH3 is 1. The Balaban J connectivity index is 1.87. The van der Waals surface area contributed by atoms with Crippen molar-refractivity contribution in [3.63, 3.8) is 0 Å². The number of hydrogen-bond donors (Lipinski definition) is 2. The van der Waals surface area contributed by atoms with Crippen LogP contribution in [0.1, 0.15) is 5.56 Å². The number of halogens is 3. The summed E-state index contributed by atoms with van der Waals surface area (Å²) in [4.78, 5) is 26.5. The van der Waals surface area contributed by atoms with E-state index in [1.54, 1.807) is 0 Å². The van der Waals surface area contributed by atoms with E-state index in [4.69, 9.17) is 4.74 Å². The molecule has 2 aromatic heterocycles. The van der Waals surface area contributed by atoms with E-state index in [0.717, 1.165) is 18.2 Å². The third-order valence-corrected chi connectivity index (χ3v) is 4.82. The summed E-state index contributed by atoms with van der Waals surface area (Å²) in [6, 6.07) is 2.05. The Bertz CT molecular complexity index is 1190. The van der Waals surface area contributed by atoms with Gasteiger partial charge in [0.05, 0.1) is 17.6 Å². The molecule has 2 N–H and O–H groups in total. The molecule has 0 atom stereocenters. The number of nitrogens with zero attached hydrogens (tertiary/aromatic N) is 4. The fourth-order valence-electron chi connectivity index (χ4n) is 2.28. The molecule has 0 aliphatic heterocycles. The molecule has 0 bridgehead atoms. The van der Waals surface area contributed by atoms with Gasteiger partial charge in [-0.25, -0.2) is 27.9 Å². The van der Waals surface area contributed by atoms with Gasteiger partial charge >= 0.3 is 12.2 Å². The topological polar surface area (TPSA) is 136 Å². The van der Waals surface area contributed by atoms with Crippen LogP contribution in [0.5, 0.6) is 5.88 Å². The zero-order valence-electron chi connectivity index (χ0n) is 14.4. The van der Waals surface area contributed by atoms with Gasteiger partial charge in [0, 0.05) is 12.4 Å². The van der Waals surface area contributed by atoms with E-state index in [1.165, 1.54) is 24.2 Å². The lowest BCUT2D eigenvalue weighted by atomic mass is 10.2. The monoisotopic (exact) mass is 428 g/mol. The number of hydrogen-bond acceptors (Lipinski definition) is 8. The molecular weight excluding hydrogens is 417 g/mol. The molecule has 10 nitrogen and oxygen atoms in total. The quantitative estimate of drug-likeness (QED) is 0.644. The molecule has 0 saturated heterocycles. The average molecular weight is 428 g/mol. The summed E-state index contributed by atoms with van der Waals surface area (Å²) in [5.74, 6) is -0.449. The number of benzene rings is 1. The van der Waals surface area contributed by atoms with Crippen LogP contribution in [0.4, 0.5) is 23.9 Å². The van der Waals surface area contributed by atoms with Gasteiger partial charge in [-0.3, -0.25) is 5.32 Å². The first-order chi connectivity index (χ1) is 13.6. The summed E-state index contributed by atoms with van der Waals surface area (Å²) in [6.45, 7) is 0. The van der Waals surface area contributed by atoms with Crippen molar-refractivity contribution < 1.29 is 31.1 Å². The predicted octanol–water partition coefficient (Wildman–Crippen LogP) is 1.96. The van der Waals surface area contributed by atoms with Crippen LogP contribution in [-0.4, -0.2) is 41.5 Å². The van der Waals surface area contributed by atoms with Gasteiger partial charge in [0.1, 0.15) is 0 Å². The molecule has 3 rings (SSSR count). The molecule has 3 aromatic rings. The Morgan fingerprint density at radius 3 is 2.48 bits per heavy atom. The SMILES string of the molecule is COc1nc(NC(=O)NS(=O)(=O)c2ccccc2C(F)(F)F)nc2nccnc12. The second-order valence-corrected chi connectivity index (χ2v) is 6.99. The van der Waals surface area contributed by atoms with E-state index >= 15 is 0 Å². The predicted molar refractivity (Wildman–Crippen MR) is 92.5 cm³/mol. The van der Waals surface area contributed by atoms with Crippen molar-refractivity contribution in [1.82, 2.24) is 24.7 Å². The van der Waals surface area contributed by atoms with Crippen molar-refractivity contribution in [1.29, 1.82) is 0 Å². The number of amides is 2. The standard InChI is InChI=1S/C15H11F3N6O4S/c1-28-12-10-11(20-7-6-19-10)21-13(22-12)23-14(25)24-29(26,27)9-5-3-2-4-8(9)15(16,17)18/h2-7H,1H3,(H2,20,21,22,23,24,25). The summed E-state index contributed by atoms with van der Waals surface area (Å²) >= 11 is 0. The first-order valence-corrected chi connectivity index (χ1v) is 9.13. The maximum atomic E-state index is 13.1. The van der Waals surface area contributed by atoms with Crippen LogP contribution < -0.4 is 14.8 Å². The van der Waals surface area contributed by atoms with E-state index in [9.17, 15) is 26.4 Å².